The number of hydrogen-bond donors (Lipinski definition) is 0. The van der Waals surface area contributed by atoms with Gasteiger partial charge in [0.2, 0.25) is 0 Å². The molecular formula is C17H16Cl2N2O. The van der Waals surface area contributed by atoms with Crippen molar-refractivity contribution in [3.05, 3.63) is 58.3 Å². The molecule has 0 amide bonds. The van der Waals surface area contributed by atoms with Crippen LogP contribution >= 0.6 is 23.2 Å². The van der Waals surface area contributed by atoms with E-state index in [2.05, 4.69) is 16.5 Å². The zero-order chi connectivity index (χ0) is 15.5. The first-order chi connectivity index (χ1) is 10.7. The van der Waals surface area contributed by atoms with Crippen molar-refractivity contribution < 1.29 is 4.74 Å². The van der Waals surface area contributed by atoms with Crippen LogP contribution in [0.4, 0.5) is 0 Å². The summed E-state index contributed by atoms with van der Waals surface area (Å²) < 4.78 is 7.98. The number of benzene rings is 2. The highest BCUT2D eigenvalue weighted by Crippen LogP contribution is 2.23. The minimum atomic E-state index is 0.411. The maximum Gasteiger partial charge on any atom is 0.147 e. The molecule has 0 saturated carbocycles. The van der Waals surface area contributed by atoms with E-state index in [0.29, 0.717) is 11.6 Å². The molecule has 22 heavy (non-hydrogen) atoms. The normalized spacial score (nSPS) is 11.0. The highest BCUT2D eigenvalue weighted by atomic mass is 35.5. The maximum absolute atomic E-state index is 6.10. The van der Waals surface area contributed by atoms with Gasteiger partial charge in [-0.15, -0.1) is 0 Å². The van der Waals surface area contributed by atoms with Crippen LogP contribution in [-0.4, -0.2) is 9.55 Å². The highest BCUT2D eigenvalue weighted by molar-refractivity contribution is 6.31. The summed E-state index contributed by atoms with van der Waals surface area (Å²) in [6.45, 7) is 3.43. The SMILES string of the molecule is CCCn1c(COc2ccc(Cl)cc2)nc2ccc(Cl)cc21. The van der Waals surface area contributed by atoms with E-state index in [4.69, 9.17) is 27.9 Å². The molecule has 0 fully saturated rings. The van der Waals surface area contributed by atoms with Crippen LogP contribution in [0.2, 0.25) is 10.0 Å². The molecule has 0 spiro atoms. The molecule has 3 nitrogen and oxygen atoms in total. The Morgan fingerprint density at radius 1 is 1.05 bits per heavy atom. The van der Waals surface area contributed by atoms with Crippen molar-refractivity contribution in [1.29, 1.82) is 0 Å². The first-order valence-electron chi connectivity index (χ1n) is 7.20. The second kappa shape index (κ2) is 6.59. The number of rotatable bonds is 5. The molecule has 0 N–H and O–H groups in total. The molecule has 2 aromatic carbocycles. The van der Waals surface area contributed by atoms with Gasteiger partial charge < -0.3 is 9.30 Å². The quantitative estimate of drug-likeness (QED) is 0.630. The average Bonchev–Trinajstić information content (AvgIpc) is 2.85. The second-order valence-corrected chi connectivity index (χ2v) is 5.93. The molecule has 0 unspecified atom stereocenters. The standard InChI is InChI=1S/C17H16Cl2N2O/c1-2-9-21-16-10-13(19)5-8-15(16)20-17(21)11-22-14-6-3-12(18)4-7-14/h3-8,10H,2,9,11H2,1H3. The van der Waals surface area contributed by atoms with Gasteiger partial charge >= 0.3 is 0 Å². The summed E-state index contributed by atoms with van der Waals surface area (Å²) in [4.78, 5) is 4.66. The predicted octanol–water partition coefficient (Wildman–Crippen LogP) is 5.33. The van der Waals surface area contributed by atoms with E-state index in [9.17, 15) is 0 Å². The minimum absolute atomic E-state index is 0.411. The van der Waals surface area contributed by atoms with Crippen LogP contribution in [0.3, 0.4) is 0 Å². The molecule has 0 radical (unpaired) electrons. The molecule has 0 aliphatic rings. The van der Waals surface area contributed by atoms with Crippen LogP contribution in [0.1, 0.15) is 19.2 Å². The van der Waals surface area contributed by atoms with E-state index in [0.717, 1.165) is 40.6 Å². The lowest BCUT2D eigenvalue weighted by Crippen LogP contribution is -2.07. The van der Waals surface area contributed by atoms with Crippen LogP contribution in [0, 0.1) is 0 Å². The predicted molar refractivity (Wildman–Crippen MR) is 90.8 cm³/mol. The molecular weight excluding hydrogens is 319 g/mol. The Kier molecular flexibility index (Phi) is 4.55. The van der Waals surface area contributed by atoms with Crippen LogP contribution in [0.5, 0.6) is 5.75 Å². The van der Waals surface area contributed by atoms with Gasteiger partial charge in [0.25, 0.3) is 0 Å². The van der Waals surface area contributed by atoms with Crippen LogP contribution in [0.25, 0.3) is 11.0 Å². The van der Waals surface area contributed by atoms with Gasteiger partial charge in [-0.05, 0) is 48.9 Å². The van der Waals surface area contributed by atoms with Crippen LogP contribution < -0.4 is 4.74 Å². The summed E-state index contributed by atoms with van der Waals surface area (Å²) in [5.74, 6) is 1.67. The van der Waals surface area contributed by atoms with Crippen molar-refractivity contribution >= 4 is 34.2 Å². The fraction of sp³-hybridized carbons (Fsp3) is 0.235. The minimum Gasteiger partial charge on any atom is -0.486 e. The number of nitrogens with zero attached hydrogens (tertiary/aromatic N) is 2. The van der Waals surface area contributed by atoms with Crippen molar-refractivity contribution in [2.24, 2.45) is 0 Å². The summed E-state index contributed by atoms with van der Waals surface area (Å²) in [5.41, 5.74) is 1.98. The molecule has 5 heteroatoms. The molecule has 0 atom stereocenters. The monoisotopic (exact) mass is 334 g/mol. The van der Waals surface area contributed by atoms with Gasteiger partial charge in [-0.2, -0.15) is 0 Å². The first kappa shape index (κ1) is 15.2. The molecule has 0 aliphatic heterocycles. The lowest BCUT2D eigenvalue weighted by Gasteiger charge is -2.09. The van der Waals surface area contributed by atoms with Crippen LogP contribution in [-0.2, 0) is 13.2 Å². The van der Waals surface area contributed by atoms with E-state index in [1.165, 1.54) is 0 Å². The Hall–Kier alpha value is -1.71. The average molecular weight is 335 g/mol. The smallest absolute Gasteiger partial charge is 0.147 e. The lowest BCUT2D eigenvalue weighted by atomic mass is 10.3. The van der Waals surface area contributed by atoms with E-state index >= 15 is 0 Å². The number of hydrogen-bond acceptors (Lipinski definition) is 2. The van der Waals surface area contributed by atoms with E-state index in [-0.39, 0.29) is 0 Å². The number of fused-ring (bicyclic) bond motifs is 1. The van der Waals surface area contributed by atoms with Gasteiger partial charge in [0, 0.05) is 16.6 Å². The highest BCUT2D eigenvalue weighted by Gasteiger charge is 2.11. The number of imidazole rings is 1. The molecule has 114 valence electrons. The van der Waals surface area contributed by atoms with E-state index in [1.807, 2.05) is 42.5 Å². The van der Waals surface area contributed by atoms with Gasteiger partial charge in [0.05, 0.1) is 11.0 Å². The molecule has 1 aromatic heterocycles. The van der Waals surface area contributed by atoms with Gasteiger partial charge in [0.1, 0.15) is 18.2 Å². The van der Waals surface area contributed by atoms with Gasteiger partial charge in [-0.25, -0.2) is 4.98 Å². The third-order valence-electron chi connectivity index (χ3n) is 3.42. The van der Waals surface area contributed by atoms with Crippen LogP contribution in [0.15, 0.2) is 42.5 Å². The molecule has 3 rings (SSSR count). The Morgan fingerprint density at radius 2 is 1.77 bits per heavy atom. The Morgan fingerprint density at radius 3 is 2.50 bits per heavy atom. The van der Waals surface area contributed by atoms with Crippen molar-refractivity contribution in [2.45, 2.75) is 26.5 Å². The molecule has 0 aliphatic carbocycles. The van der Waals surface area contributed by atoms with Crippen molar-refractivity contribution in [1.82, 2.24) is 9.55 Å². The maximum atomic E-state index is 6.10. The van der Waals surface area contributed by atoms with Gasteiger partial charge in [0.15, 0.2) is 0 Å². The summed E-state index contributed by atoms with van der Waals surface area (Å²) in [6, 6.07) is 13.1. The number of aryl methyl sites for hydroxylation is 1. The summed E-state index contributed by atoms with van der Waals surface area (Å²) in [7, 11) is 0. The fourth-order valence-electron chi connectivity index (χ4n) is 2.41. The molecule has 3 aromatic rings. The molecule has 0 saturated heterocycles. The Labute approximate surface area is 139 Å². The number of halogens is 2. The Balaban J connectivity index is 1.88. The van der Waals surface area contributed by atoms with Crippen molar-refractivity contribution in [3.63, 3.8) is 0 Å². The molecule has 0 bridgehead atoms. The summed E-state index contributed by atoms with van der Waals surface area (Å²) >= 11 is 12.0. The lowest BCUT2D eigenvalue weighted by molar-refractivity contribution is 0.290. The zero-order valence-corrected chi connectivity index (χ0v) is 13.7. The third kappa shape index (κ3) is 3.21. The Bertz CT molecular complexity index is 781. The van der Waals surface area contributed by atoms with Gasteiger partial charge in [-0.1, -0.05) is 30.1 Å². The second-order valence-electron chi connectivity index (χ2n) is 5.06. The topological polar surface area (TPSA) is 27.1 Å². The fourth-order valence-corrected chi connectivity index (χ4v) is 2.70. The summed E-state index contributed by atoms with van der Waals surface area (Å²) in [6.07, 6.45) is 1.02. The van der Waals surface area contributed by atoms with E-state index in [1.54, 1.807) is 0 Å². The van der Waals surface area contributed by atoms with E-state index < -0.39 is 0 Å². The van der Waals surface area contributed by atoms with Crippen molar-refractivity contribution in [3.8, 4) is 5.75 Å². The molecule has 1 heterocycles. The summed E-state index contributed by atoms with van der Waals surface area (Å²) in [5, 5.41) is 1.41. The van der Waals surface area contributed by atoms with Crippen molar-refractivity contribution in [2.75, 3.05) is 0 Å². The first-order valence-corrected chi connectivity index (χ1v) is 7.96. The largest absolute Gasteiger partial charge is 0.486 e. The third-order valence-corrected chi connectivity index (χ3v) is 3.91. The number of ether oxygens (including phenoxy) is 1. The van der Waals surface area contributed by atoms with Gasteiger partial charge in [-0.3, -0.25) is 0 Å². The zero-order valence-electron chi connectivity index (χ0n) is 12.2. The number of aromatic nitrogens is 2.